The average Bonchev–Trinajstić information content (AvgIpc) is 2.29. The van der Waals surface area contributed by atoms with Crippen molar-refractivity contribution >= 4 is 13.1 Å². The molecule has 0 aromatic heterocycles. The Kier molecular flexibility index (Phi) is 4.39. The molecule has 0 unspecified atom stereocenters. The van der Waals surface area contributed by atoms with Gasteiger partial charge in [0.15, 0.2) is 0 Å². The number of carbonyl (C=O) groups is 1. The van der Waals surface area contributed by atoms with Crippen LogP contribution in [0.1, 0.15) is 41.5 Å². The molecule has 1 amide bonds. The summed E-state index contributed by atoms with van der Waals surface area (Å²) in [6.07, 6.45) is -2.53. The first-order valence-electron chi connectivity index (χ1n) is 6.64. The van der Waals surface area contributed by atoms with E-state index in [1.807, 2.05) is 0 Å². The van der Waals surface area contributed by atoms with Crippen LogP contribution in [0.3, 0.4) is 0 Å². The lowest BCUT2D eigenvalue weighted by Gasteiger charge is -2.36. The molecule has 4 nitrogen and oxygen atoms in total. The van der Waals surface area contributed by atoms with E-state index in [1.165, 1.54) is 0 Å². The van der Waals surface area contributed by atoms with E-state index in [9.17, 15) is 17.7 Å². The van der Waals surface area contributed by atoms with Gasteiger partial charge in [0.2, 0.25) is 0 Å². The lowest BCUT2D eigenvalue weighted by molar-refractivity contribution is -0.0754. The molecule has 0 spiro atoms. The third-order valence-corrected chi connectivity index (χ3v) is 3.03. The summed E-state index contributed by atoms with van der Waals surface area (Å²) in [4.78, 5) is 13.2. The quantitative estimate of drug-likeness (QED) is 0.731. The van der Waals surface area contributed by atoms with Gasteiger partial charge in [0.25, 0.3) is 0 Å². The van der Waals surface area contributed by atoms with E-state index in [-0.39, 0.29) is 0 Å². The van der Waals surface area contributed by atoms with E-state index < -0.39 is 42.9 Å². The summed E-state index contributed by atoms with van der Waals surface area (Å²) >= 11 is 0. The maximum atomic E-state index is 12.7. The summed E-state index contributed by atoms with van der Waals surface area (Å²) in [6.45, 7) is 4.66. The highest BCUT2D eigenvalue weighted by Crippen LogP contribution is 2.37. The van der Waals surface area contributed by atoms with Gasteiger partial charge in [0.1, 0.15) is 11.3 Å². The molecule has 0 saturated carbocycles. The van der Waals surface area contributed by atoms with E-state index in [0.29, 0.717) is 0 Å². The minimum atomic E-state index is -5.02. The molecular weight excluding hydrogens is 274 g/mol. The molecule has 8 heteroatoms. The maximum Gasteiger partial charge on any atom is 0.480 e. The molecule has 1 saturated heterocycles. The van der Waals surface area contributed by atoms with Gasteiger partial charge < -0.3 is 22.4 Å². The first-order chi connectivity index (χ1) is 8.73. The van der Waals surface area contributed by atoms with E-state index >= 15 is 0 Å². The Morgan fingerprint density at radius 3 is 2.25 bits per heavy atom. The zero-order valence-corrected chi connectivity index (χ0v) is 12.7. The topological polar surface area (TPSA) is 38.8 Å². The molecule has 1 fully saturated rings. The van der Waals surface area contributed by atoms with Gasteiger partial charge in [-0.15, -0.1) is 0 Å². The summed E-state index contributed by atoms with van der Waals surface area (Å²) in [5.41, 5.74) is -1.89. The Morgan fingerprint density at radius 2 is 1.85 bits per heavy atom. The highest BCUT2D eigenvalue weighted by Gasteiger charge is 2.51. The van der Waals surface area contributed by atoms with Crippen LogP contribution < -0.4 is 0 Å². The van der Waals surface area contributed by atoms with Gasteiger partial charge in [-0.25, -0.2) is 4.79 Å². The monoisotopic (exact) mass is 296 g/mol. The summed E-state index contributed by atoms with van der Waals surface area (Å²) in [5, 5.41) is 0. The van der Waals surface area contributed by atoms with Gasteiger partial charge in [-0.3, -0.25) is 4.90 Å². The van der Waals surface area contributed by atoms with Crippen molar-refractivity contribution in [3.8, 4) is 0 Å². The smallest absolute Gasteiger partial charge is 0.449 e. The van der Waals surface area contributed by atoms with Crippen LogP contribution in [0, 0.1) is 0 Å². The highest BCUT2D eigenvalue weighted by atomic mass is 19.4. The van der Waals surface area contributed by atoms with Crippen molar-refractivity contribution in [3.63, 3.8) is 0 Å². The fourth-order valence-electron chi connectivity index (χ4n) is 2.44. The van der Waals surface area contributed by atoms with Crippen LogP contribution in [0.25, 0.3) is 0 Å². The highest BCUT2D eigenvalue weighted by molar-refractivity contribution is 6.58. The van der Waals surface area contributed by atoms with E-state index in [0.717, 1.165) is 4.90 Å². The van der Waals surface area contributed by atoms with Crippen LogP contribution in [-0.2, 0) is 9.47 Å². The van der Waals surface area contributed by atoms with Crippen LogP contribution in [0.4, 0.5) is 17.7 Å². The SMILES string of the molecule is C[C@@H]1OC(C)(C)N(C(=O)OC(C)(C)C)[C@@H]1C[B-](F)(F)F. The number of ether oxygens (including phenoxy) is 2. The third-order valence-electron chi connectivity index (χ3n) is 3.03. The molecule has 0 aliphatic carbocycles. The third kappa shape index (κ3) is 4.29. The molecule has 20 heavy (non-hydrogen) atoms. The van der Waals surface area contributed by atoms with Crippen molar-refractivity contribution in [1.82, 2.24) is 4.90 Å². The summed E-state index contributed by atoms with van der Waals surface area (Å²) in [7, 11) is 0. The van der Waals surface area contributed by atoms with Crippen LogP contribution >= 0.6 is 0 Å². The van der Waals surface area contributed by atoms with Gasteiger partial charge in [-0.1, -0.05) is 6.32 Å². The second-order valence-corrected chi connectivity index (χ2v) is 6.63. The number of amides is 1. The summed E-state index contributed by atoms with van der Waals surface area (Å²) < 4.78 is 48.9. The first kappa shape index (κ1) is 17.1. The average molecular weight is 296 g/mol. The Bertz CT molecular complexity index is 379. The van der Waals surface area contributed by atoms with E-state index in [1.54, 1.807) is 41.5 Å². The molecule has 1 rings (SSSR count). The fraction of sp³-hybridized carbons (Fsp3) is 0.917. The second kappa shape index (κ2) is 5.13. The molecule has 2 atom stereocenters. The van der Waals surface area contributed by atoms with E-state index in [2.05, 4.69) is 0 Å². The molecule has 1 aliphatic rings. The van der Waals surface area contributed by atoms with Crippen molar-refractivity contribution in [1.29, 1.82) is 0 Å². The zero-order valence-electron chi connectivity index (χ0n) is 12.7. The Labute approximate surface area is 117 Å². The van der Waals surface area contributed by atoms with Gasteiger partial charge in [-0.05, 0) is 41.5 Å². The number of rotatable bonds is 2. The van der Waals surface area contributed by atoms with Crippen LogP contribution in [0.5, 0.6) is 0 Å². The molecule has 0 N–H and O–H groups in total. The summed E-state index contributed by atoms with van der Waals surface area (Å²) in [5.74, 6) is 0. The largest absolute Gasteiger partial charge is 0.480 e. The standard InChI is InChI=1S/C12H22BF3NO3/c1-8-9(7-13(14,15)16)17(12(5,6)19-8)10(18)20-11(2,3)4/h8-9H,7H2,1-6H3/q-1/t8-,9+/m0/s1. The summed E-state index contributed by atoms with van der Waals surface area (Å²) in [6, 6.07) is -1.06. The minimum absolute atomic E-state index is 0.694. The van der Waals surface area contributed by atoms with Gasteiger partial charge >= 0.3 is 13.1 Å². The number of hydrogen-bond acceptors (Lipinski definition) is 3. The lowest BCUT2D eigenvalue weighted by Crippen LogP contribution is -2.51. The van der Waals surface area contributed by atoms with Crippen molar-refractivity contribution in [2.75, 3.05) is 0 Å². The molecule has 0 aromatic carbocycles. The van der Waals surface area contributed by atoms with Crippen LogP contribution in [-0.4, -0.2) is 41.4 Å². The Balaban J connectivity index is 2.99. The molecule has 1 heterocycles. The zero-order chi connectivity index (χ0) is 15.9. The van der Waals surface area contributed by atoms with E-state index in [4.69, 9.17) is 9.47 Å². The van der Waals surface area contributed by atoms with Crippen LogP contribution in [0.15, 0.2) is 0 Å². The number of halogens is 3. The number of nitrogens with zero attached hydrogens (tertiary/aromatic N) is 1. The second-order valence-electron chi connectivity index (χ2n) is 6.63. The molecule has 0 aromatic rings. The minimum Gasteiger partial charge on any atom is -0.449 e. The molecule has 0 bridgehead atoms. The van der Waals surface area contributed by atoms with Crippen molar-refractivity contribution < 1.29 is 27.2 Å². The Hall–Kier alpha value is -0.915. The Morgan fingerprint density at radius 1 is 1.35 bits per heavy atom. The van der Waals surface area contributed by atoms with Crippen molar-refractivity contribution in [3.05, 3.63) is 0 Å². The lowest BCUT2D eigenvalue weighted by atomic mass is 9.79. The number of carbonyl (C=O) groups excluding carboxylic acids is 1. The van der Waals surface area contributed by atoms with Crippen LogP contribution in [0.2, 0.25) is 6.32 Å². The molecular formula is C12H22BF3NO3-. The maximum absolute atomic E-state index is 12.7. The van der Waals surface area contributed by atoms with Gasteiger partial charge in [0.05, 0.1) is 6.10 Å². The molecule has 0 radical (unpaired) electrons. The molecule has 1 aliphatic heterocycles. The first-order valence-corrected chi connectivity index (χ1v) is 6.64. The number of hydrogen-bond donors (Lipinski definition) is 0. The van der Waals surface area contributed by atoms with Crippen molar-refractivity contribution in [2.24, 2.45) is 0 Å². The predicted octanol–water partition coefficient (Wildman–Crippen LogP) is 3.59. The fourth-order valence-corrected chi connectivity index (χ4v) is 2.44. The van der Waals surface area contributed by atoms with Gasteiger partial charge in [0, 0.05) is 6.04 Å². The predicted molar refractivity (Wildman–Crippen MR) is 70.4 cm³/mol. The van der Waals surface area contributed by atoms with Gasteiger partial charge in [-0.2, -0.15) is 0 Å². The van der Waals surface area contributed by atoms with Crippen molar-refractivity contribution in [2.45, 2.75) is 71.3 Å². The normalized spacial score (nSPS) is 26.8. The molecule has 118 valence electrons.